The lowest BCUT2D eigenvalue weighted by Gasteiger charge is -2.14. The van der Waals surface area contributed by atoms with Gasteiger partial charge in [-0.15, -0.1) is 0 Å². The van der Waals surface area contributed by atoms with Gasteiger partial charge in [0.15, 0.2) is 0 Å². The van der Waals surface area contributed by atoms with E-state index < -0.39 is 24.5 Å². The minimum atomic E-state index is -4.49. The molecule has 1 amide bonds. The summed E-state index contributed by atoms with van der Waals surface area (Å²) in [7, 11) is 0. The predicted molar refractivity (Wildman–Crippen MR) is 40.0 cm³/mol. The molecule has 3 nitrogen and oxygen atoms in total. The molecule has 13 heavy (non-hydrogen) atoms. The van der Waals surface area contributed by atoms with Crippen LogP contribution < -0.4 is 5.32 Å². The molecule has 6 heteroatoms. The van der Waals surface area contributed by atoms with Crippen LogP contribution in [0.2, 0.25) is 0 Å². The third kappa shape index (κ3) is 6.39. The lowest BCUT2D eigenvalue weighted by Crippen LogP contribution is -2.38. The number of halogens is 3. The van der Waals surface area contributed by atoms with Crippen molar-refractivity contribution < 1.29 is 23.1 Å². The van der Waals surface area contributed by atoms with Crippen molar-refractivity contribution >= 4 is 5.91 Å². The van der Waals surface area contributed by atoms with Gasteiger partial charge in [-0.1, -0.05) is 6.92 Å². The lowest BCUT2D eigenvalue weighted by molar-refractivity contribution is -0.154. The Morgan fingerprint density at radius 2 is 2.08 bits per heavy atom. The Morgan fingerprint density at radius 3 is 2.38 bits per heavy atom. The highest BCUT2D eigenvalue weighted by Gasteiger charge is 2.31. The van der Waals surface area contributed by atoms with E-state index in [0.717, 1.165) is 0 Å². The van der Waals surface area contributed by atoms with Crippen LogP contribution in [0.25, 0.3) is 0 Å². The third-order valence-electron chi connectivity index (χ3n) is 1.44. The first-order chi connectivity index (χ1) is 5.89. The van der Waals surface area contributed by atoms with E-state index in [-0.39, 0.29) is 6.61 Å². The SMILES string of the molecule is CC[C@H](CO)NC(=O)CC(F)(F)F. The second kappa shape index (κ2) is 5.06. The Morgan fingerprint density at radius 1 is 1.54 bits per heavy atom. The first-order valence-corrected chi connectivity index (χ1v) is 3.86. The van der Waals surface area contributed by atoms with E-state index >= 15 is 0 Å². The summed E-state index contributed by atoms with van der Waals surface area (Å²) in [6.07, 6.45) is -5.58. The van der Waals surface area contributed by atoms with Crippen LogP contribution in [0.3, 0.4) is 0 Å². The second-order valence-corrected chi connectivity index (χ2v) is 2.65. The van der Waals surface area contributed by atoms with Crippen molar-refractivity contribution in [3.63, 3.8) is 0 Å². The summed E-state index contributed by atoms with van der Waals surface area (Å²) in [5, 5.41) is 10.6. The molecule has 0 aromatic carbocycles. The number of aliphatic hydroxyl groups excluding tert-OH is 1. The molecular weight excluding hydrogens is 187 g/mol. The topological polar surface area (TPSA) is 49.3 Å². The molecular formula is C7H12F3NO2. The summed E-state index contributed by atoms with van der Waals surface area (Å²) in [5.41, 5.74) is 0. The molecule has 78 valence electrons. The van der Waals surface area contributed by atoms with E-state index in [1.165, 1.54) is 0 Å². The van der Waals surface area contributed by atoms with E-state index in [9.17, 15) is 18.0 Å². The van der Waals surface area contributed by atoms with E-state index in [1.54, 1.807) is 6.92 Å². The fraction of sp³-hybridized carbons (Fsp3) is 0.857. The van der Waals surface area contributed by atoms with Crippen LogP contribution >= 0.6 is 0 Å². The normalized spacial score (nSPS) is 13.9. The van der Waals surface area contributed by atoms with Crippen molar-refractivity contribution in [1.29, 1.82) is 0 Å². The molecule has 0 radical (unpaired) electrons. The van der Waals surface area contributed by atoms with Crippen molar-refractivity contribution in [2.75, 3.05) is 6.61 Å². The largest absolute Gasteiger partial charge is 0.397 e. The number of hydrogen-bond donors (Lipinski definition) is 2. The predicted octanol–water partition coefficient (Wildman–Crippen LogP) is 0.826. The zero-order valence-corrected chi connectivity index (χ0v) is 7.19. The van der Waals surface area contributed by atoms with Gasteiger partial charge in [0.05, 0.1) is 12.6 Å². The first-order valence-electron chi connectivity index (χ1n) is 3.86. The highest BCUT2D eigenvalue weighted by Crippen LogP contribution is 2.18. The summed E-state index contributed by atoms with van der Waals surface area (Å²) in [5.74, 6) is -1.10. The van der Waals surface area contributed by atoms with Crippen LogP contribution in [0, 0.1) is 0 Å². The maximum absolute atomic E-state index is 11.6. The molecule has 2 N–H and O–H groups in total. The summed E-state index contributed by atoms with van der Waals surface area (Å²) in [4.78, 5) is 10.6. The maximum atomic E-state index is 11.6. The van der Waals surface area contributed by atoms with Crippen LogP contribution in [0.4, 0.5) is 13.2 Å². The number of amides is 1. The number of carbonyl (C=O) groups is 1. The number of rotatable bonds is 4. The Labute approximate surface area is 73.9 Å². The van der Waals surface area contributed by atoms with Crippen molar-refractivity contribution in [1.82, 2.24) is 5.32 Å². The quantitative estimate of drug-likeness (QED) is 0.704. The monoisotopic (exact) mass is 199 g/mol. The van der Waals surface area contributed by atoms with Crippen molar-refractivity contribution in [3.8, 4) is 0 Å². The average molecular weight is 199 g/mol. The van der Waals surface area contributed by atoms with Crippen LogP contribution in [0.5, 0.6) is 0 Å². The second-order valence-electron chi connectivity index (χ2n) is 2.65. The molecule has 0 bridgehead atoms. The summed E-state index contributed by atoms with van der Waals surface area (Å²) < 4.78 is 34.9. The molecule has 0 aliphatic carbocycles. The molecule has 0 spiro atoms. The molecule has 0 unspecified atom stereocenters. The Bertz CT molecular complexity index is 166. The van der Waals surface area contributed by atoms with E-state index in [0.29, 0.717) is 6.42 Å². The van der Waals surface area contributed by atoms with Gasteiger partial charge in [0, 0.05) is 0 Å². The minimum Gasteiger partial charge on any atom is -0.394 e. The molecule has 0 heterocycles. The molecule has 1 atom stereocenters. The highest BCUT2D eigenvalue weighted by atomic mass is 19.4. The maximum Gasteiger partial charge on any atom is 0.397 e. The lowest BCUT2D eigenvalue weighted by atomic mass is 10.2. The third-order valence-corrected chi connectivity index (χ3v) is 1.44. The number of hydrogen-bond acceptors (Lipinski definition) is 2. The molecule has 0 aromatic rings. The van der Waals surface area contributed by atoms with Gasteiger partial charge >= 0.3 is 6.18 Å². The van der Waals surface area contributed by atoms with E-state index in [1.807, 2.05) is 0 Å². The minimum absolute atomic E-state index is 0.347. The molecule has 0 aromatic heterocycles. The summed E-state index contributed by atoms with van der Waals surface area (Å²) in [6.45, 7) is 1.31. The zero-order valence-electron chi connectivity index (χ0n) is 7.19. The van der Waals surface area contributed by atoms with Crippen LogP contribution in [-0.4, -0.2) is 29.8 Å². The fourth-order valence-electron chi connectivity index (χ4n) is 0.738. The van der Waals surface area contributed by atoms with Crippen LogP contribution in [0.1, 0.15) is 19.8 Å². The molecule has 0 aliphatic heterocycles. The van der Waals surface area contributed by atoms with E-state index in [2.05, 4.69) is 5.32 Å². The standard InChI is InChI=1S/C7H12F3NO2/c1-2-5(4-12)11-6(13)3-7(8,9)10/h5,12H,2-4H2,1H3,(H,11,13)/t5-/m1/s1. The molecule has 0 saturated heterocycles. The number of carbonyl (C=O) groups excluding carboxylic acids is 1. The molecule has 0 fully saturated rings. The van der Waals surface area contributed by atoms with Crippen molar-refractivity contribution in [3.05, 3.63) is 0 Å². The van der Waals surface area contributed by atoms with Crippen LogP contribution in [0.15, 0.2) is 0 Å². The molecule has 0 saturated carbocycles. The van der Waals surface area contributed by atoms with E-state index in [4.69, 9.17) is 5.11 Å². The van der Waals surface area contributed by atoms with Gasteiger partial charge in [-0.05, 0) is 6.42 Å². The smallest absolute Gasteiger partial charge is 0.394 e. The summed E-state index contributed by atoms with van der Waals surface area (Å²) in [6, 6.07) is -0.588. The molecule has 0 aliphatic rings. The van der Waals surface area contributed by atoms with Crippen molar-refractivity contribution in [2.45, 2.75) is 32.0 Å². The Hall–Kier alpha value is -0.780. The van der Waals surface area contributed by atoms with Crippen molar-refractivity contribution in [2.24, 2.45) is 0 Å². The number of nitrogens with one attached hydrogen (secondary N) is 1. The average Bonchev–Trinajstić information content (AvgIpc) is 1.96. The first kappa shape index (κ1) is 12.2. The van der Waals surface area contributed by atoms with Gasteiger partial charge in [-0.2, -0.15) is 13.2 Å². The number of aliphatic hydroxyl groups is 1. The Balaban J connectivity index is 3.86. The van der Waals surface area contributed by atoms with Gasteiger partial charge in [-0.3, -0.25) is 4.79 Å². The fourth-order valence-corrected chi connectivity index (χ4v) is 0.738. The van der Waals surface area contributed by atoms with Gasteiger partial charge in [0.1, 0.15) is 6.42 Å². The van der Waals surface area contributed by atoms with Gasteiger partial charge in [0.25, 0.3) is 0 Å². The zero-order chi connectivity index (χ0) is 10.5. The molecule has 0 rings (SSSR count). The highest BCUT2D eigenvalue weighted by molar-refractivity contribution is 5.76. The van der Waals surface area contributed by atoms with Gasteiger partial charge in [-0.25, -0.2) is 0 Å². The number of alkyl halides is 3. The van der Waals surface area contributed by atoms with Gasteiger partial charge in [0.2, 0.25) is 5.91 Å². The van der Waals surface area contributed by atoms with Gasteiger partial charge < -0.3 is 10.4 Å². The summed E-state index contributed by atoms with van der Waals surface area (Å²) >= 11 is 0. The Kier molecular flexibility index (Phi) is 4.76. The van der Waals surface area contributed by atoms with Crippen LogP contribution in [-0.2, 0) is 4.79 Å².